The van der Waals surface area contributed by atoms with Crippen LogP contribution in [0.25, 0.3) is 5.65 Å². The normalized spacial score (nSPS) is 10.9. The van der Waals surface area contributed by atoms with Crippen LogP contribution >= 0.6 is 27.5 Å². The molecule has 0 aliphatic rings. The van der Waals surface area contributed by atoms with Crippen molar-refractivity contribution >= 4 is 50.5 Å². The second kappa shape index (κ2) is 7.05. The van der Waals surface area contributed by atoms with Crippen molar-refractivity contribution in [2.24, 2.45) is 0 Å². The first-order valence-electron chi connectivity index (χ1n) is 7.74. The van der Waals surface area contributed by atoms with Crippen LogP contribution in [0.4, 0.5) is 11.4 Å². The number of anilines is 1. The lowest BCUT2D eigenvalue weighted by atomic mass is 10.2. The van der Waals surface area contributed by atoms with Crippen LogP contribution in [-0.2, 0) is 6.42 Å². The number of nitrogens with one attached hydrogen (secondary N) is 1. The van der Waals surface area contributed by atoms with Crippen molar-refractivity contribution in [1.82, 2.24) is 9.38 Å². The number of nitro benzene ring substituents is 1. The summed E-state index contributed by atoms with van der Waals surface area (Å²) < 4.78 is 2.54. The number of benzene rings is 1. The van der Waals surface area contributed by atoms with E-state index in [1.54, 1.807) is 10.6 Å². The molecule has 0 spiro atoms. The van der Waals surface area contributed by atoms with Gasteiger partial charge < -0.3 is 5.32 Å². The molecule has 2 heterocycles. The first-order chi connectivity index (χ1) is 12.3. The molecule has 26 heavy (non-hydrogen) atoms. The van der Waals surface area contributed by atoms with Gasteiger partial charge in [-0.3, -0.25) is 19.3 Å². The number of nitrogens with zero attached hydrogens (tertiary/aromatic N) is 3. The van der Waals surface area contributed by atoms with Gasteiger partial charge in [-0.25, -0.2) is 4.98 Å². The van der Waals surface area contributed by atoms with Crippen LogP contribution in [0, 0.1) is 17.0 Å². The van der Waals surface area contributed by atoms with Gasteiger partial charge in [-0.05, 0) is 53.0 Å². The lowest BCUT2D eigenvalue weighted by molar-refractivity contribution is -0.384. The van der Waals surface area contributed by atoms with E-state index in [9.17, 15) is 14.9 Å². The van der Waals surface area contributed by atoms with Crippen LogP contribution in [0.1, 0.15) is 28.7 Å². The number of pyridine rings is 1. The summed E-state index contributed by atoms with van der Waals surface area (Å²) in [6, 6.07) is 6.05. The number of hydrogen-bond donors (Lipinski definition) is 1. The fraction of sp³-hybridized carbons (Fsp3) is 0.176. The monoisotopic (exact) mass is 436 g/mol. The van der Waals surface area contributed by atoms with Crippen molar-refractivity contribution in [1.29, 1.82) is 0 Å². The third kappa shape index (κ3) is 3.30. The summed E-state index contributed by atoms with van der Waals surface area (Å²) in [5, 5.41) is 13.7. The molecule has 0 aliphatic carbocycles. The van der Waals surface area contributed by atoms with Gasteiger partial charge in [0.2, 0.25) is 0 Å². The van der Waals surface area contributed by atoms with Gasteiger partial charge in [0.25, 0.3) is 11.6 Å². The second-order valence-electron chi connectivity index (χ2n) is 5.67. The van der Waals surface area contributed by atoms with Gasteiger partial charge in [-0.15, -0.1) is 0 Å². The maximum Gasteiger partial charge on any atom is 0.289 e. The molecule has 1 amide bonds. The van der Waals surface area contributed by atoms with Gasteiger partial charge in [0, 0.05) is 22.4 Å². The van der Waals surface area contributed by atoms with Crippen LogP contribution in [0.2, 0.25) is 5.02 Å². The van der Waals surface area contributed by atoms with Crippen molar-refractivity contribution in [2.75, 3.05) is 5.32 Å². The third-order valence-electron chi connectivity index (χ3n) is 3.89. The van der Waals surface area contributed by atoms with Crippen molar-refractivity contribution in [3.8, 4) is 0 Å². The molecule has 2 aromatic heterocycles. The van der Waals surface area contributed by atoms with Crippen LogP contribution in [-0.4, -0.2) is 20.2 Å². The van der Waals surface area contributed by atoms with E-state index in [-0.39, 0.29) is 16.4 Å². The Morgan fingerprint density at radius 2 is 2.15 bits per heavy atom. The summed E-state index contributed by atoms with van der Waals surface area (Å²) in [6.45, 7) is 3.83. The molecular weight excluding hydrogens is 424 g/mol. The van der Waals surface area contributed by atoms with Crippen LogP contribution in [0.5, 0.6) is 0 Å². The van der Waals surface area contributed by atoms with Gasteiger partial charge in [0.15, 0.2) is 0 Å². The quantitative estimate of drug-likeness (QED) is 0.470. The minimum Gasteiger partial charge on any atom is -0.320 e. The van der Waals surface area contributed by atoms with E-state index in [1.165, 1.54) is 18.2 Å². The van der Waals surface area contributed by atoms with E-state index < -0.39 is 10.8 Å². The molecule has 0 unspecified atom stereocenters. The van der Waals surface area contributed by atoms with Crippen molar-refractivity contribution in [3.05, 3.63) is 67.0 Å². The average Bonchev–Trinajstić information content (AvgIpc) is 2.95. The number of hydrogen-bond acceptors (Lipinski definition) is 4. The van der Waals surface area contributed by atoms with Crippen LogP contribution < -0.4 is 5.32 Å². The second-order valence-corrected chi connectivity index (χ2v) is 7.00. The fourth-order valence-electron chi connectivity index (χ4n) is 2.72. The maximum absolute atomic E-state index is 12.9. The Morgan fingerprint density at radius 3 is 2.81 bits per heavy atom. The van der Waals surface area contributed by atoms with E-state index in [0.717, 1.165) is 10.0 Å². The molecule has 9 heteroatoms. The molecule has 0 saturated carbocycles. The molecule has 7 nitrogen and oxygen atoms in total. The van der Waals surface area contributed by atoms with Crippen LogP contribution in [0.15, 0.2) is 34.9 Å². The summed E-state index contributed by atoms with van der Waals surface area (Å²) in [4.78, 5) is 27.8. The minimum atomic E-state index is -0.593. The molecule has 0 fully saturated rings. The predicted molar refractivity (Wildman–Crippen MR) is 103 cm³/mol. The van der Waals surface area contributed by atoms with E-state index >= 15 is 0 Å². The molecule has 3 rings (SSSR count). The number of amides is 1. The number of fused-ring (bicyclic) bond motifs is 1. The Labute approximate surface area is 162 Å². The van der Waals surface area contributed by atoms with Gasteiger partial charge in [-0.2, -0.15) is 0 Å². The lowest BCUT2D eigenvalue weighted by Crippen LogP contribution is -2.16. The topological polar surface area (TPSA) is 89.5 Å². The zero-order chi connectivity index (χ0) is 19.0. The highest BCUT2D eigenvalue weighted by Crippen LogP contribution is 2.28. The van der Waals surface area contributed by atoms with E-state index in [4.69, 9.17) is 11.6 Å². The highest BCUT2D eigenvalue weighted by molar-refractivity contribution is 9.10. The first kappa shape index (κ1) is 18.3. The van der Waals surface area contributed by atoms with Crippen LogP contribution in [0.3, 0.4) is 0 Å². The van der Waals surface area contributed by atoms with E-state index in [0.29, 0.717) is 23.5 Å². The third-order valence-corrected chi connectivity index (χ3v) is 4.65. The molecule has 1 aromatic carbocycles. The van der Waals surface area contributed by atoms with Crippen molar-refractivity contribution in [2.45, 2.75) is 20.3 Å². The summed E-state index contributed by atoms with van der Waals surface area (Å²) in [6.07, 6.45) is 2.34. The zero-order valence-electron chi connectivity index (χ0n) is 13.9. The smallest absolute Gasteiger partial charge is 0.289 e. The Bertz CT molecular complexity index is 1050. The number of halogens is 2. The Morgan fingerprint density at radius 1 is 1.42 bits per heavy atom. The standard InChI is InChI=1S/C17H14BrClN4O3/c1-3-13-15(22-8-10(18)6-9(2)16(22)21-13)17(24)20-11-4-5-12(19)14(7-11)23(25)26/h4-8H,3H2,1-2H3,(H,20,24). The number of aryl methyl sites for hydroxylation is 2. The molecule has 0 radical (unpaired) electrons. The molecule has 3 aromatic rings. The molecule has 1 N–H and O–H groups in total. The van der Waals surface area contributed by atoms with E-state index in [2.05, 4.69) is 26.2 Å². The Kier molecular flexibility index (Phi) is 4.97. The number of aromatic nitrogens is 2. The van der Waals surface area contributed by atoms with Gasteiger partial charge in [0.1, 0.15) is 16.4 Å². The van der Waals surface area contributed by atoms with Gasteiger partial charge in [0.05, 0.1) is 10.6 Å². The first-order valence-corrected chi connectivity index (χ1v) is 8.91. The molecule has 0 saturated heterocycles. The SMILES string of the molecule is CCc1nc2c(C)cc(Br)cn2c1C(=O)Nc1ccc(Cl)c([N+](=O)[O-])c1. The molecule has 134 valence electrons. The molecular formula is C17H14BrClN4O3. The maximum atomic E-state index is 12.9. The Hall–Kier alpha value is -2.45. The predicted octanol–water partition coefficient (Wildman–Crippen LogP) is 4.78. The number of carbonyl (C=O) groups is 1. The summed E-state index contributed by atoms with van der Waals surface area (Å²) >= 11 is 9.24. The van der Waals surface area contributed by atoms with Crippen molar-refractivity contribution < 1.29 is 9.72 Å². The summed E-state index contributed by atoms with van der Waals surface area (Å²) in [5.74, 6) is -0.400. The summed E-state index contributed by atoms with van der Waals surface area (Å²) in [7, 11) is 0. The lowest BCUT2D eigenvalue weighted by Gasteiger charge is -2.08. The number of nitro groups is 1. The highest BCUT2D eigenvalue weighted by atomic mass is 79.9. The number of imidazole rings is 1. The number of carbonyl (C=O) groups excluding carboxylic acids is 1. The van der Waals surface area contributed by atoms with E-state index in [1.807, 2.05) is 19.9 Å². The minimum absolute atomic E-state index is 0.0107. The largest absolute Gasteiger partial charge is 0.320 e. The van der Waals surface area contributed by atoms with Gasteiger partial charge in [-0.1, -0.05) is 18.5 Å². The zero-order valence-corrected chi connectivity index (χ0v) is 16.3. The highest BCUT2D eigenvalue weighted by Gasteiger charge is 2.21. The summed E-state index contributed by atoms with van der Waals surface area (Å²) in [5.41, 5.74) is 2.68. The van der Waals surface area contributed by atoms with Crippen molar-refractivity contribution in [3.63, 3.8) is 0 Å². The Balaban J connectivity index is 2.06. The molecule has 0 atom stereocenters. The molecule has 0 aliphatic heterocycles. The fourth-order valence-corrected chi connectivity index (χ4v) is 3.46. The average molecular weight is 438 g/mol. The van der Waals surface area contributed by atoms with Gasteiger partial charge >= 0.3 is 0 Å². The molecule has 0 bridgehead atoms. The number of rotatable bonds is 4.